The van der Waals surface area contributed by atoms with Gasteiger partial charge in [-0.3, -0.25) is 60.0 Å². The number of carbonyl (C=O) groups is 4. The number of nitrogens with zero attached hydrogens (tertiary/aromatic N) is 4. The van der Waals surface area contributed by atoms with E-state index in [1.807, 2.05) is 12.1 Å². The molecule has 24 nitrogen and oxygen atoms in total. The molecule has 0 saturated carbocycles. The quantitative estimate of drug-likeness (QED) is 0.0153. The van der Waals surface area contributed by atoms with Gasteiger partial charge in [-0.15, -0.1) is 23.2 Å². The summed E-state index contributed by atoms with van der Waals surface area (Å²) in [7, 11) is -10.4. The Kier molecular flexibility index (Phi) is 17.1. The van der Waals surface area contributed by atoms with Crippen molar-refractivity contribution in [2.75, 3.05) is 45.3 Å². The summed E-state index contributed by atoms with van der Waals surface area (Å²) in [6.45, 7) is -0.538. The van der Waals surface area contributed by atoms with Crippen LogP contribution >= 0.6 is 38.8 Å². The van der Waals surface area contributed by atoms with Crippen LogP contribution in [0.3, 0.4) is 0 Å². The van der Waals surface area contributed by atoms with Gasteiger partial charge in [-0.1, -0.05) is 66.7 Å². The zero-order chi connectivity index (χ0) is 58.6. The van der Waals surface area contributed by atoms with Gasteiger partial charge in [0.05, 0.1) is 32.6 Å². The average Bonchev–Trinajstić information content (AvgIpc) is 2.63. The molecule has 2 atom stereocenters. The number of amides is 4. The number of hydrogen-bond donors (Lipinski definition) is 6. The molecule has 0 aliphatic carbocycles. The van der Waals surface area contributed by atoms with Crippen molar-refractivity contribution in [3.05, 3.63) is 187 Å². The fourth-order valence-corrected chi connectivity index (χ4v) is 10.9. The standard InChI is InChI=1S/C54H44Cl2N6O18P2/c55-25-35-27-59(45-23-41(37-8-1-3-10-39(37)51(35)45)57-53(65)77-29-33-12-16-43(61(67)68)47(21-33)79-81(71,72)73)49(63)18-14-31-6-5-7-32(20-31)15-19-50(64)60-28-36(26-56)52-40-11-4-2-9-38(40)42(24-46(52)60)58-54(66)78-30-34-13-17-44(62(69)70)48(22-34)80-82(74,75)76/h1-24,35-36H,25-30H2,(H,57,65)(H,58,66)(H2,71,72,73)(H2,74,75,76)/b18-14+,19-15+. The van der Waals surface area contributed by atoms with Gasteiger partial charge in [-0.2, -0.15) is 0 Å². The molecule has 0 radical (unpaired) electrons. The van der Waals surface area contributed by atoms with Crippen LogP contribution in [0.5, 0.6) is 11.5 Å². The van der Waals surface area contributed by atoms with Gasteiger partial charge in [0.25, 0.3) is 11.8 Å². The van der Waals surface area contributed by atoms with E-state index in [2.05, 4.69) is 19.7 Å². The molecule has 0 saturated heterocycles. The van der Waals surface area contributed by atoms with Gasteiger partial charge in [-0.25, -0.2) is 18.7 Å². The van der Waals surface area contributed by atoms with Gasteiger partial charge < -0.3 is 28.3 Å². The maximum atomic E-state index is 14.1. The molecule has 0 aromatic heterocycles. The number of rotatable bonds is 18. The molecule has 0 bridgehead atoms. The predicted octanol–water partition coefficient (Wildman–Crippen LogP) is 11.0. The SMILES string of the molecule is O=C(Nc1cc2c(c3ccccc13)C(CCl)CN2C(=O)/C=C/c1cccc(/C=C/C(=O)N2CC(CCl)c3c2cc(NC(=O)OCc2ccc([N+](=O)[O-])c(OP(=O)(O)O)c2)c2ccccc32)c1)OCc1ccc([N+](=O)[O-])c(OP(=O)(O)O)c1. The van der Waals surface area contributed by atoms with Gasteiger partial charge in [-0.05, 0) is 98.8 Å². The number of ether oxygens (including phenoxy) is 2. The number of alkyl halides is 2. The van der Waals surface area contributed by atoms with Crippen LogP contribution in [0.2, 0.25) is 0 Å². The van der Waals surface area contributed by atoms with Crippen molar-refractivity contribution >= 4 is 131 Å². The number of fused-ring (bicyclic) bond motifs is 6. The molecular weight excluding hydrogens is 1150 g/mol. The highest BCUT2D eigenvalue weighted by atomic mass is 35.5. The molecule has 7 aromatic rings. The Bertz CT molecular complexity index is 3680. The zero-order valence-electron chi connectivity index (χ0n) is 42.2. The molecule has 422 valence electrons. The number of phosphoric acid groups is 2. The third-order valence-corrected chi connectivity index (χ3v) is 14.7. The molecule has 2 unspecified atom stereocenters. The number of benzene rings is 7. The number of halogens is 2. The van der Waals surface area contributed by atoms with Crippen molar-refractivity contribution in [1.82, 2.24) is 0 Å². The van der Waals surface area contributed by atoms with Crippen LogP contribution < -0.4 is 29.5 Å². The average molecular weight is 1200 g/mol. The van der Waals surface area contributed by atoms with Gasteiger partial charge >= 0.3 is 39.2 Å². The summed E-state index contributed by atoms with van der Waals surface area (Å²) in [6, 6.07) is 30.9. The summed E-state index contributed by atoms with van der Waals surface area (Å²) < 4.78 is 42.7. The van der Waals surface area contributed by atoms with Crippen molar-refractivity contribution in [3.63, 3.8) is 0 Å². The van der Waals surface area contributed by atoms with Crippen LogP contribution in [0, 0.1) is 20.2 Å². The van der Waals surface area contributed by atoms with Crippen LogP contribution in [-0.2, 0) is 41.4 Å². The Morgan fingerprint density at radius 3 is 1.33 bits per heavy atom. The fraction of sp³-hybridized carbons (Fsp3) is 0.148. The second-order valence-electron chi connectivity index (χ2n) is 18.4. The molecule has 2 aliphatic heterocycles. The van der Waals surface area contributed by atoms with Crippen molar-refractivity contribution in [1.29, 1.82) is 0 Å². The summed E-state index contributed by atoms with van der Waals surface area (Å²) in [5.74, 6) is -2.54. The van der Waals surface area contributed by atoms with E-state index in [1.165, 1.54) is 34.1 Å². The second-order valence-corrected chi connectivity index (χ2v) is 21.4. The van der Waals surface area contributed by atoms with E-state index in [0.29, 0.717) is 44.0 Å². The van der Waals surface area contributed by atoms with Crippen molar-refractivity contribution < 1.29 is 76.2 Å². The third kappa shape index (κ3) is 13.2. The number of hydrogen-bond acceptors (Lipinski definition) is 14. The topological polar surface area (TPSA) is 337 Å². The van der Waals surface area contributed by atoms with E-state index in [0.717, 1.165) is 35.4 Å². The van der Waals surface area contributed by atoms with E-state index >= 15 is 0 Å². The Morgan fingerprint density at radius 1 is 0.573 bits per heavy atom. The lowest BCUT2D eigenvalue weighted by Crippen LogP contribution is -2.28. The summed E-state index contributed by atoms with van der Waals surface area (Å²) >= 11 is 13.0. The molecule has 2 aliphatic rings. The zero-order valence-corrected chi connectivity index (χ0v) is 45.5. The number of phosphoric ester groups is 2. The highest BCUT2D eigenvalue weighted by molar-refractivity contribution is 7.47. The van der Waals surface area contributed by atoms with Crippen molar-refractivity contribution in [2.45, 2.75) is 25.0 Å². The van der Waals surface area contributed by atoms with Crippen LogP contribution in [0.15, 0.2) is 133 Å². The van der Waals surface area contributed by atoms with Crippen LogP contribution in [0.1, 0.15) is 45.2 Å². The minimum absolute atomic E-state index is 0.118. The van der Waals surface area contributed by atoms with E-state index in [1.54, 1.807) is 84.9 Å². The van der Waals surface area contributed by atoms with Crippen LogP contribution in [0.25, 0.3) is 33.7 Å². The Balaban J connectivity index is 0.893. The highest BCUT2D eigenvalue weighted by Gasteiger charge is 2.36. The fourth-order valence-electron chi connectivity index (χ4n) is 9.64. The van der Waals surface area contributed by atoms with E-state index < -0.39 is 85.6 Å². The first kappa shape index (κ1) is 58.0. The normalized spacial score (nSPS) is 14.9. The summed E-state index contributed by atoms with van der Waals surface area (Å²) in [5, 5.41) is 30.9. The smallest absolute Gasteiger partial charge is 0.444 e. The molecule has 0 fully saturated rings. The molecule has 7 aromatic carbocycles. The van der Waals surface area contributed by atoms with Crippen molar-refractivity contribution in [3.8, 4) is 11.5 Å². The minimum Gasteiger partial charge on any atom is -0.444 e. The first-order valence-corrected chi connectivity index (χ1v) is 28.5. The van der Waals surface area contributed by atoms with Crippen LogP contribution in [-0.4, -0.2) is 78.3 Å². The van der Waals surface area contributed by atoms with E-state index in [-0.39, 0.29) is 59.2 Å². The lowest BCUT2D eigenvalue weighted by Gasteiger charge is -2.18. The second kappa shape index (κ2) is 24.2. The van der Waals surface area contributed by atoms with E-state index in [4.69, 9.17) is 32.7 Å². The van der Waals surface area contributed by atoms with Gasteiger partial charge in [0.15, 0.2) is 0 Å². The first-order chi connectivity index (χ1) is 39.1. The molecule has 4 amide bonds. The number of nitro groups is 2. The summed E-state index contributed by atoms with van der Waals surface area (Å²) in [4.78, 5) is 116. The number of anilines is 4. The maximum Gasteiger partial charge on any atom is 0.525 e. The minimum atomic E-state index is -5.18. The van der Waals surface area contributed by atoms with Crippen molar-refractivity contribution in [2.24, 2.45) is 0 Å². The Hall–Kier alpha value is -8.70. The lowest BCUT2D eigenvalue weighted by atomic mass is 9.95. The van der Waals surface area contributed by atoms with Gasteiger partial charge in [0.2, 0.25) is 11.5 Å². The van der Waals surface area contributed by atoms with Crippen LogP contribution in [0.4, 0.5) is 43.7 Å². The third-order valence-electron chi connectivity index (χ3n) is 13.1. The molecule has 0 spiro atoms. The first-order valence-electron chi connectivity index (χ1n) is 24.3. The molecule has 6 N–H and O–H groups in total. The maximum absolute atomic E-state index is 14.1. The van der Waals surface area contributed by atoms with E-state index in [9.17, 15) is 68.1 Å². The van der Waals surface area contributed by atoms with Gasteiger partial charge in [0, 0.05) is 71.7 Å². The summed E-state index contributed by atoms with van der Waals surface area (Å²) in [5.41, 5.74) is 3.08. The lowest BCUT2D eigenvalue weighted by molar-refractivity contribution is -0.385. The highest BCUT2D eigenvalue weighted by Crippen LogP contribution is 2.48. The predicted molar refractivity (Wildman–Crippen MR) is 303 cm³/mol. The molecular formula is C54H44Cl2N6O18P2. The largest absolute Gasteiger partial charge is 0.525 e. The number of carbonyl (C=O) groups excluding carboxylic acids is 4. The molecule has 28 heteroatoms. The Morgan fingerprint density at radius 2 is 0.963 bits per heavy atom. The number of nitrogens with one attached hydrogen (secondary N) is 2. The summed E-state index contributed by atoms with van der Waals surface area (Å²) in [6.07, 6.45) is 4.07. The molecule has 2 heterocycles. The molecule has 82 heavy (non-hydrogen) atoms. The molecule has 9 rings (SSSR count). The Labute approximate surface area is 473 Å². The monoisotopic (exact) mass is 1200 g/mol. The van der Waals surface area contributed by atoms with Gasteiger partial charge in [0.1, 0.15) is 13.2 Å². The number of nitro benzene ring substituents is 2.